The maximum absolute atomic E-state index is 6.18. The molecule has 0 heterocycles. The molecule has 110 valence electrons. The van der Waals surface area contributed by atoms with E-state index in [1.54, 1.807) is 0 Å². The van der Waals surface area contributed by atoms with E-state index in [1.807, 2.05) is 12.1 Å². The second kappa shape index (κ2) is 8.81. The van der Waals surface area contributed by atoms with Gasteiger partial charge in [-0.2, -0.15) is 0 Å². The van der Waals surface area contributed by atoms with Gasteiger partial charge in [0.25, 0.3) is 0 Å². The van der Waals surface area contributed by atoms with E-state index in [2.05, 4.69) is 46.8 Å². The monoisotopic (exact) mass is 324 g/mol. The Hall–Kier alpha value is 0.487. The molecule has 0 amide bonds. The van der Waals surface area contributed by atoms with Crippen molar-refractivity contribution < 1.29 is 40.1 Å². The molecule has 0 aromatic heterocycles. The van der Waals surface area contributed by atoms with Crippen molar-refractivity contribution in [3.63, 3.8) is 0 Å². The molecule has 0 aliphatic carbocycles. The molecule has 1 aromatic rings. The Kier molecular flexibility index (Phi) is 9.03. The zero-order valence-corrected chi connectivity index (χ0v) is 17.8. The van der Waals surface area contributed by atoms with Crippen LogP contribution in [0.3, 0.4) is 0 Å². The second-order valence-electron chi connectivity index (χ2n) is 6.42. The molecule has 0 saturated carbocycles. The van der Waals surface area contributed by atoms with Gasteiger partial charge in [0.15, 0.2) is 9.76 Å². The van der Waals surface area contributed by atoms with Crippen LogP contribution in [0.1, 0.15) is 41.6 Å². The van der Waals surface area contributed by atoms with E-state index in [9.17, 15) is 0 Å². The normalized spacial score (nSPS) is 12.5. The van der Waals surface area contributed by atoms with Gasteiger partial charge in [-0.05, 0) is 36.6 Å². The SMILES string of the molecule is CC(C)(C)[SiH2]OC(C)(C)c1ccc(OCCCl)cc1.[H-].[Na+]. The Labute approximate surface area is 154 Å². The molecular weight excluding hydrogens is 299 g/mol. The van der Waals surface area contributed by atoms with Crippen LogP contribution in [0.5, 0.6) is 5.75 Å². The summed E-state index contributed by atoms with van der Waals surface area (Å²) in [4.78, 5) is 0. The van der Waals surface area contributed by atoms with Gasteiger partial charge in [-0.15, -0.1) is 11.6 Å². The number of benzene rings is 1. The molecular formula is C15H26ClNaO2Si. The number of rotatable bonds is 6. The van der Waals surface area contributed by atoms with Crippen LogP contribution in [0.25, 0.3) is 0 Å². The molecule has 5 heteroatoms. The van der Waals surface area contributed by atoms with E-state index in [1.165, 1.54) is 5.56 Å². The summed E-state index contributed by atoms with van der Waals surface area (Å²) in [5.41, 5.74) is 0.951. The van der Waals surface area contributed by atoms with Crippen LogP contribution in [0.15, 0.2) is 24.3 Å². The maximum atomic E-state index is 6.18. The van der Waals surface area contributed by atoms with Crippen molar-refractivity contribution in [3.8, 4) is 5.75 Å². The van der Waals surface area contributed by atoms with E-state index < -0.39 is 9.76 Å². The van der Waals surface area contributed by atoms with E-state index >= 15 is 0 Å². The average Bonchev–Trinajstić information content (AvgIpc) is 2.34. The van der Waals surface area contributed by atoms with E-state index in [0.29, 0.717) is 17.5 Å². The predicted octanol–water partition coefficient (Wildman–Crippen LogP) is 0.975. The van der Waals surface area contributed by atoms with Crippen molar-refractivity contribution in [2.75, 3.05) is 12.5 Å². The molecule has 0 fully saturated rings. The van der Waals surface area contributed by atoms with Crippen molar-refractivity contribution in [1.29, 1.82) is 0 Å². The van der Waals surface area contributed by atoms with Gasteiger partial charge in [0, 0.05) is 0 Å². The van der Waals surface area contributed by atoms with Crippen LogP contribution in [0, 0.1) is 0 Å². The first-order valence-electron chi connectivity index (χ1n) is 6.68. The first kappa shape index (κ1) is 20.5. The van der Waals surface area contributed by atoms with Gasteiger partial charge in [-0.1, -0.05) is 32.9 Å². The van der Waals surface area contributed by atoms with Gasteiger partial charge in [0.05, 0.1) is 11.5 Å². The van der Waals surface area contributed by atoms with Crippen molar-refractivity contribution in [2.45, 2.75) is 45.3 Å². The Bertz CT molecular complexity index is 394. The van der Waals surface area contributed by atoms with E-state index in [-0.39, 0.29) is 36.6 Å². The first-order chi connectivity index (χ1) is 8.74. The van der Waals surface area contributed by atoms with Gasteiger partial charge in [-0.25, -0.2) is 0 Å². The van der Waals surface area contributed by atoms with Crippen molar-refractivity contribution in [2.24, 2.45) is 0 Å². The van der Waals surface area contributed by atoms with Gasteiger partial charge in [0.1, 0.15) is 12.4 Å². The quantitative estimate of drug-likeness (QED) is 0.573. The first-order valence-corrected chi connectivity index (χ1v) is 8.50. The minimum atomic E-state index is -0.570. The summed E-state index contributed by atoms with van der Waals surface area (Å²) in [6.45, 7) is 11.5. The van der Waals surface area contributed by atoms with E-state index in [0.717, 1.165) is 5.75 Å². The van der Waals surface area contributed by atoms with Crippen LogP contribution in [-0.2, 0) is 10.0 Å². The summed E-state index contributed by atoms with van der Waals surface area (Å²) >= 11 is 5.60. The smallest absolute Gasteiger partial charge is 1.00 e. The molecule has 0 unspecified atom stereocenters. The predicted molar refractivity (Wildman–Crippen MR) is 86.1 cm³/mol. The Morgan fingerprint density at radius 2 is 1.65 bits per heavy atom. The standard InChI is InChI=1S/C15H25ClO2Si.Na.H/c1-14(2,3)19-18-15(4,5)12-6-8-13(9-7-12)17-11-10-16;;/h6-9H,10-11,19H2,1-5H3;;/q;+1;-1. The Morgan fingerprint density at radius 3 is 2.10 bits per heavy atom. The van der Waals surface area contributed by atoms with Crippen molar-refractivity contribution >= 4 is 21.4 Å². The number of hydrogen-bond acceptors (Lipinski definition) is 2. The summed E-state index contributed by atoms with van der Waals surface area (Å²) in [5, 5.41) is 0.306. The topological polar surface area (TPSA) is 18.5 Å². The third-order valence-electron chi connectivity index (χ3n) is 2.76. The molecule has 2 nitrogen and oxygen atoms in total. The summed E-state index contributed by atoms with van der Waals surface area (Å²) in [7, 11) is -0.570. The fraction of sp³-hybridized carbons (Fsp3) is 0.600. The fourth-order valence-corrected chi connectivity index (χ4v) is 2.63. The Balaban J connectivity index is 0. The third-order valence-corrected chi connectivity index (χ3v) is 4.65. The Morgan fingerprint density at radius 1 is 1.10 bits per heavy atom. The molecule has 0 N–H and O–H groups in total. The molecule has 0 spiro atoms. The number of hydrogen-bond donors (Lipinski definition) is 0. The van der Waals surface area contributed by atoms with Crippen LogP contribution in [0.2, 0.25) is 5.04 Å². The van der Waals surface area contributed by atoms with Crippen LogP contribution < -0.4 is 34.3 Å². The van der Waals surface area contributed by atoms with Crippen LogP contribution in [-0.4, -0.2) is 22.3 Å². The van der Waals surface area contributed by atoms with Crippen molar-refractivity contribution in [1.82, 2.24) is 0 Å². The molecule has 1 aromatic carbocycles. The average molecular weight is 325 g/mol. The fourth-order valence-electron chi connectivity index (χ4n) is 1.59. The van der Waals surface area contributed by atoms with Gasteiger partial charge in [0.2, 0.25) is 0 Å². The third kappa shape index (κ3) is 7.48. The zero-order chi connectivity index (χ0) is 14.5. The molecule has 0 bridgehead atoms. The molecule has 0 aliphatic heterocycles. The summed E-state index contributed by atoms with van der Waals surface area (Å²) in [6.07, 6.45) is 0. The second-order valence-corrected chi connectivity index (χ2v) is 9.50. The van der Waals surface area contributed by atoms with E-state index in [4.69, 9.17) is 20.8 Å². The van der Waals surface area contributed by atoms with Crippen LogP contribution >= 0.6 is 11.6 Å². The number of alkyl halides is 1. The number of halogens is 1. The molecule has 1 rings (SSSR count). The number of ether oxygens (including phenoxy) is 1. The largest absolute Gasteiger partial charge is 1.00 e. The van der Waals surface area contributed by atoms with Crippen LogP contribution in [0.4, 0.5) is 0 Å². The van der Waals surface area contributed by atoms with Gasteiger partial charge < -0.3 is 10.6 Å². The maximum Gasteiger partial charge on any atom is 1.00 e. The summed E-state index contributed by atoms with van der Waals surface area (Å²) < 4.78 is 11.7. The van der Waals surface area contributed by atoms with Crippen molar-refractivity contribution in [3.05, 3.63) is 29.8 Å². The molecule has 0 saturated heterocycles. The molecule has 0 atom stereocenters. The minimum Gasteiger partial charge on any atom is -1.00 e. The summed E-state index contributed by atoms with van der Waals surface area (Å²) in [6, 6.07) is 8.10. The molecule has 20 heavy (non-hydrogen) atoms. The van der Waals surface area contributed by atoms with Gasteiger partial charge >= 0.3 is 29.6 Å². The molecule has 0 aliphatic rings. The minimum absolute atomic E-state index is 0. The van der Waals surface area contributed by atoms with Gasteiger partial charge in [-0.3, -0.25) is 0 Å². The summed E-state index contributed by atoms with van der Waals surface area (Å²) in [5.74, 6) is 1.36. The molecule has 0 radical (unpaired) electrons. The zero-order valence-electron chi connectivity index (χ0n) is 14.6.